The number of fused-ring (bicyclic) bond motifs is 1. The summed E-state index contributed by atoms with van der Waals surface area (Å²) in [5, 5.41) is 14.2. The number of alkyl halides is 6. The summed E-state index contributed by atoms with van der Waals surface area (Å²) < 4.78 is 70.9. The second kappa shape index (κ2) is 13.8. The highest BCUT2D eigenvalue weighted by Gasteiger charge is 2.39. The molecule has 3 aromatic heterocycles. The number of carboxylic acids is 2. The van der Waals surface area contributed by atoms with Crippen LogP contribution in [0.4, 0.5) is 32.2 Å². The summed E-state index contributed by atoms with van der Waals surface area (Å²) in [5.74, 6) is -3.44. The number of imidazole rings is 1. The highest BCUT2D eigenvalue weighted by Crippen LogP contribution is 2.35. The molecule has 1 atom stereocenters. The molecule has 2 aliphatic heterocycles. The molecule has 5 heterocycles. The molecule has 45 heavy (non-hydrogen) atoms. The van der Waals surface area contributed by atoms with E-state index in [0.717, 1.165) is 50.0 Å². The normalized spacial score (nSPS) is 19.0. The van der Waals surface area contributed by atoms with E-state index < -0.39 is 24.3 Å². The zero-order valence-corrected chi connectivity index (χ0v) is 23.8. The van der Waals surface area contributed by atoms with Crippen LogP contribution in [0.15, 0.2) is 47.4 Å². The Morgan fingerprint density at radius 1 is 0.911 bits per heavy atom. The fraction of sp³-hybridized carbons (Fsp3) is 0.500. The molecule has 0 aromatic carbocycles. The summed E-state index contributed by atoms with van der Waals surface area (Å²) in [6.45, 7) is 5.62. The number of rotatable bonds is 5. The van der Waals surface area contributed by atoms with Crippen LogP contribution in [-0.4, -0.2) is 98.9 Å². The van der Waals surface area contributed by atoms with Gasteiger partial charge in [-0.15, -0.1) is 0 Å². The maximum Gasteiger partial charge on any atom is 0.490 e. The molecule has 0 bridgehead atoms. The first-order chi connectivity index (χ1) is 21.1. The number of hydrogen-bond donors (Lipinski definition) is 2. The molecule has 3 fully saturated rings. The Morgan fingerprint density at radius 2 is 1.53 bits per heavy atom. The van der Waals surface area contributed by atoms with E-state index in [4.69, 9.17) is 29.2 Å². The third-order valence-electron chi connectivity index (χ3n) is 7.48. The molecule has 3 aliphatic rings. The van der Waals surface area contributed by atoms with Crippen molar-refractivity contribution in [3.8, 4) is 0 Å². The van der Waals surface area contributed by atoms with Crippen molar-refractivity contribution in [2.75, 3.05) is 44.2 Å². The van der Waals surface area contributed by atoms with Crippen LogP contribution in [0.2, 0.25) is 0 Å². The van der Waals surface area contributed by atoms with E-state index >= 15 is 0 Å². The molecule has 3 aromatic rings. The largest absolute Gasteiger partial charge is 0.490 e. The third kappa shape index (κ3) is 8.89. The van der Waals surface area contributed by atoms with Crippen molar-refractivity contribution in [1.82, 2.24) is 19.2 Å². The molecule has 1 amide bonds. The van der Waals surface area contributed by atoms with E-state index in [2.05, 4.69) is 38.6 Å². The minimum Gasteiger partial charge on any atom is -0.475 e. The highest BCUT2D eigenvalue weighted by atomic mass is 19.4. The number of furan rings is 1. The van der Waals surface area contributed by atoms with Crippen LogP contribution in [0.1, 0.15) is 47.8 Å². The van der Waals surface area contributed by atoms with Crippen molar-refractivity contribution in [2.45, 2.75) is 44.1 Å². The van der Waals surface area contributed by atoms with Gasteiger partial charge in [-0.05, 0) is 49.8 Å². The molecule has 2 N–H and O–H groups in total. The van der Waals surface area contributed by atoms with E-state index in [1.807, 2.05) is 4.90 Å². The zero-order chi connectivity index (χ0) is 32.9. The van der Waals surface area contributed by atoms with E-state index in [0.29, 0.717) is 12.1 Å². The molecule has 0 radical (unpaired) electrons. The number of carboxylic acid groups (broad SMARTS) is 2. The van der Waals surface area contributed by atoms with Gasteiger partial charge in [-0.3, -0.25) is 14.1 Å². The van der Waals surface area contributed by atoms with Crippen molar-refractivity contribution in [3.63, 3.8) is 0 Å². The first kappa shape index (κ1) is 33.6. The number of carbonyl (C=O) groups excluding carboxylic acids is 1. The van der Waals surface area contributed by atoms with Gasteiger partial charge in [0.15, 0.2) is 0 Å². The molecule has 0 spiro atoms. The van der Waals surface area contributed by atoms with Gasteiger partial charge in [0.1, 0.15) is 17.7 Å². The second-order valence-electron chi connectivity index (χ2n) is 10.8. The van der Waals surface area contributed by atoms with Crippen molar-refractivity contribution in [2.24, 2.45) is 5.92 Å². The van der Waals surface area contributed by atoms with Crippen LogP contribution in [0.25, 0.3) is 5.65 Å². The topological polar surface area (TPSA) is 132 Å². The molecule has 11 nitrogen and oxygen atoms in total. The lowest BCUT2D eigenvalue weighted by atomic mass is 10.1. The van der Waals surface area contributed by atoms with Gasteiger partial charge in [-0.2, -0.15) is 26.3 Å². The SMILES string of the molecule is O=C(O)C(F)(F)F.O=C(O)C(F)(F)F.O=C(c1ccoc1)N1CCN(CC2CC2)C(c2cn3c(N4CCCC4)cccc3n2)C1. The van der Waals surface area contributed by atoms with Crippen LogP contribution in [0, 0.1) is 5.92 Å². The number of anilines is 1. The van der Waals surface area contributed by atoms with E-state index in [1.54, 1.807) is 18.6 Å². The number of nitrogens with zero attached hydrogens (tertiary/aromatic N) is 5. The summed E-state index contributed by atoms with van der Waals surface area (Å²) >= 11 is 0. The van der Waals surface area contributed by atoms with Crippen LogP contribution in [0.5, 0.6) is 0 Å². The van der Waals surface area contributed by atoms with Gasteiger partial charge in [0.05, 0.1) is 23.6 Å². The molecule has 17 heteroatoms. The molecule has 2 saturated heterocycles. The number of hydrogen-bond acceptors (Lipinski definition) is 7. The van der Waals surface area contributed by atoms with Gasteiger partial charge in [0.2, 0.25) is 0 Å². The van der Waals surface area contributed by atoms with E-state index in [-0.39, 0.29) is 11.9 Å². The Balaban J connectivity index is 0.000000277. The number of amides is 1. The average molecular weight is 648 g/mol. The Kier molecular flexibility index (Phi) is 10.3. The quantitative estimate of drug-likeness (QED) is 0.378. The predicted octanol–water partition coefficient (Wildman–Crippen LogP) is 4.70. The van der Waals surface area contributed by atoms with E-state index in [1.165, 1.54) is 31.5 Å². The minimum absolute atomic E-state index is 0.0475. The lowest BCUT2D eigenvalue weighted by Gasteiger charge is -2.40. The maximum absolute atomic E-state index is 13.0. The lowest BCUT2D eigenvalue weighted by Crippen LogP contribution is -2.51. The summed E-state index contributed by atoms with van der Waals surface area (Å²) in [5.41, 5.74) is 2.68. The summed E-state index contributed by atoms with van der Waals surface area (Å²) in [7, 11) is 0. The predicted molar refractivity (Wildman–Crippen MR) is 146 cm³/mol. The first-order valence-electron chi connectivity index (χ1n) is 14.0. The number of halogens is 6. The average Bonchev–Trinajstić information content (AvgIpc) is 3.39. The number of aliphatic carboxylic acids is 2. The van der Waals surface area contributed by atoms with E-state index in [9.17, 15) is 31.1 Å². The van der Waals surface area contributed by atoms with Crippen molar-refractivity contribution < 1.29 is 55.4 Å². The monoisotopic (exact) mass is 647 g/mol. The second-order valence-corrected chi connectivity index (χ2v) is 10.8. The minimum atomic E-state index is -5.08. The van der Waals surface area contributed by atoms with Crippen LogP contribution < -0.4 is 4.90 Å². The van der Waals surface area contributed by atoms with Crippen molar-refractivity contribution in [3.05, 3.63) is 54.2 Å². The number of piperazine rings is 1. The first-order valence-corrected chi connectivity index (χ1v) is 14.0. The number of pyridine rings is 1. The van der Waals surface area contributed by atoms with Gasteiger partial charge >= 0.3 is 24.3 Å². The summed E-state index contributed by atoms with van der Waals surface area (Å²) in [4.78, 5) is 42.8. The maximum atomic E-state index is 13.0. The van der Waals surface area contributed by atoms with Gasteiger partial charge in [0, 0.05) is 45.5 Å². The van der Waals surface area contributed by atoms with Crippen LogP contribution >= 0.6 is 0 Å². The van der Waals surface area contributed by atoms with Gasteiger partial charge in [0.25, 0.3) is 5.91 Å². The third-order valence-corrected chi connectivity index (χ3v) is 7.48. The van der Waals surface area contributed by atoms with Crippen molar-refractivity contribution in [1.29, 1.82) is 0 Å². The fourth-order valence-electron chi connectivity index (χ4n) is 5.08. The smallest absolute Gasteiger partial charge is 0.475 e. The molecule has 1 unspecified atom stereocenters. The van der Waals surface area contributed by atoms with Crippen LogP contribution in [0.3, 0.4) is 0 Å². The Labute approximate surface area is 252 Å². The molecule has 1 saturated carbocycles. The molecule has 6 rings (SSSR count). The van der Waals surface area contributed by atoms with Crippen LogP contribution in [-0.2, 0) is 9.59 Å². The number of carbonyl (C=O) groups is 3. The van der Waals surface area contributed by atoms with Crippen molar-refractivity contribution >= 4 is 29.3 Å². The van der Waals surface area contributed by atoms with Gasteiger partial charge in [-0.1, -0.05) is 6.07 Å². The summed E-state index contributed by atoms with van der Waals surface area (Å²) in [6, 6.07) is 8.27. The zero-order valence-electron chi connectivity index (χ0n) is 23.8. The fourth-order valence-corrected chi connectivity index (χ4v) is 5.08. The molecule has 246 valence electrons. The number of aromatic nitrogens is 2. The lowest BCUT2D eigenvalue weighted by molar-refractivity contribution is -0.193. The van der Waals surface area contributed by atoms with Gasteiger partial charge < -0.3 is 24.4 Å². The summed E-state index contributed by atoms with van der Waals surface area (Å²) in [6.07, 6.45) is 0.300. The Bertz CT molecular complexity index is 1440. The Hall–Kier alpha value is -4.28. The molecule has 1 aliphatic carbocycles. The Morgan fingerprint density at radius 3 is 2.07 bits per heavy atom. The van der Waals surface area contributed by atoms with Gasteiger partial charge in [-0.25, -0.2) is 14.6 Å². The molecular formula is C28H31F6N5O6. The highest BCUT2D eigenvalue weighted by molar-refractivity contribution is 5.94. The molecular weight excluding hydrogens is 616 g/mol. The standard InChI is InChI=1S/C24H29N5O2.2C2HF3O2/c30-24(19-8-13-31-17-19)28-12-11-27(14-18-6-7-18)21(16-28)20-15-29-22(25-20)4-3-5-23(29)26-9-1-2-10-26;2*3-2(4,5)1(6)7/h3-5,8,13,15,17-18,21H,1-2,6-7,9-12,14,16H2;2*(H,6,7).